The molecule has 0 amide bonds. The molecule has 4 nitrogen and oxygen atoms in total. The molecule has 59 heavy (non-hydrogen) atoms. The fourth-order valence-electron chi connectivity index (χ4n) is 8.55. The van der Waals surface area contributed by atoms with E-state index < -0.39 is 0 Å². The number of aromatic nitrogens is 4. The number of fused-ring (bicyclic) bond motifs is 4. The average Bonchev–Trinajstić information content (AvgIpc) is 3.83. The first kappa shape index (κ1) is 34.4. The van der Waals surface area contributed by atoms with Crippen LogP contribution < -0.4 is 0 Å². The van der Waals surface area contributed by atoms with Crippen molar-refractivity contribution in [1.29, 1.82) is 0 Å². The summed E-state index contributed by atoms with van der Waals surface area (Å²) in [6, 6.07) is 73.8. The van der Waals surface area contributed by atoms with Gasteiger partial charge in [-0.2, -0.15) is 0 Å². The van der Waals surface area contributed by atoms with Gasteiger partial charge in [-0.25, -0.2) is 4.98 Å². The molecule has 0 bridgehead atoms. The lowest BCUT2D eigenvalue weighted by Crippen LogP contribution is -1.96. The molecule has 11 rings (SSSR count). The molecule has 4 heteroatoms. The molecule has 0 radical (unpaired) electrons. The van der Waals surface area contributed by atoms with Gasteiger partial charge in [0.1, 0.15) is 5.82 Å². The molecule has 0 unspecified atom stereocenters. The summed E-state index contributed by atoms with van der Waals surface area (Å²) >= 11 is 0. The number of hydrogen-bond acceptors (Lipinski definition) is 2. The monoisotopic (exact) mass is 754 g/mol. The van der Waals surface area contributed by atoms with Crippen LogP contribution >= 0.6 is 0 Å². The molecule has 11 aromatic rings. The van der Waals surface area contributed by atoms with E-state index in [1.807, 2.05) is 18.3 Å². The minimum absolute atomic E-state index is 0.928. The van der Waals surface area contributed by atoms with Crippen molar-refractivity contribution in [3.8, 4) is 72.8 Å². The Labute approximate surface area is 343 Å². The molecular formula is C55H38N4. The van der Waals surface area contributed by atoms with Gasteiger partial charge in [0.05, 0.1) is 27.8 Å². The fourth-order valence-corrected chi connectivity index (χ4v) is 8.55. The summed E-state index contributed by atoms with van der Waals surface area (Å²) in [7, 11) is 2.12. The van der Waals surface area contributed by atoms with Crippen molar-refractivity contribution >= 4 is 32.8 Å². The topological polar surface area (TPSA) is 35.6 Å². The van der Waals surface area contributed by atoms with Gasteiger partial charge in [0.25, 0.3) is 0 Å². The zero-order valence-electron chi connectivity index (χ0n) is 32.5. The molecule has 278 valence electrons. The SMILES string of the molecule is Cn1c(-c2ccc3c4cc(-c5ccc(-c6ccccc6)cc5)ccc4n(-c4cccc(-c5ccccn5)c4)c3c2)nc2ccc(-c3ccc(-c4ccccc4)cc3)cc21. The van der Waals surface area contributed by atoms with Crippen LogP contribution in [-0.2, 0) is 7.05 Å². The van der Waals surface area contributed by atoms with Gasteiger partial charge in [-0.15, -0.1) is 0 Å². The molecule has 0 fully saturated rings. The van der Waals surface area contributed by atoms with Crippen molar-refractivity contribution in [3.05, 3.63) is 212 Å². The van der Waals surface area contributed by atoms with Crippen LogP contribution in [-0.4, -0.2) is 19.1 Å². The largest absolute Gasteiger partial charge is 0.327 e. The Balaban J connectivity index is 1.03. The molecule has 0 atom stereocenters. The van der Waals surface area contributed by atoms with Crippen molar-refractivity contribution < 1.29 is 0 Å². The van der Waals surface area contributed by atoms with Crippen LogP contribution in [0.5, 0.6) is 0 Å². The number of nitrogens with zero attached hydrogens (tertiary/aromatic N) is 4. The maximum absolute atomic E-state index is 5.22. The molecule has 3 aromatic heterocycles. The molecule has 0 spiro atoms. The second-order valence-corrected chi connectivity index (χ2v) is 15.1. The minimum Gasteiger partial charge on any atom is -0.327 e. The van der Waals surface area contributed by atoms with E-state index in [0.717, 1.165) is 50.4 Å². The number of rotatable bonds is 7. The van der Waals surface area contributed by atoms with E-state index in [2.05, 4.69) is 215 Å². The predicted molar refractivity (Wildman–Crippen MR) is 245 cm³/mol. The van der Waals surface area contributed by atoms with Gasteiger partial charge in [-0.05, 0) is 99.1 Å². The van der Waals surface area contributed by atoms with Gasteiger partial charge >= 0.3 is 0 Å². The van der Waals surface area contributed by atoms with Crippen LogP contribution in [0, 0.1) is 0 Å². The van der Waals surface area contributed by atoms with Crippen LogP contribution in [0.4, 0.5) is 0 Å². The van der Waals surface area contributed by atoms with Crippen LogP contribution in [0.2, 0.25) is 0 Å². The molecule has 3 heterocycles. The standard InChI is InChI=1S/C55H38N4/c1-58-54-35-44(42-24-20-40(21-25-42)38-13-6-3-7-14-38)27-30-51(54)57-55(58)46-26-29-48-49-34-43(41-22-18-39(19-23-41)37-11-4-2-5-12-37)28-31-52(49)59(53(48)36-46)47-16-10-15-45(33-47)50-17-8-9-32-56-50/h2-36H,1H3. The van der Waals surface area contributed by atoms with Crippen LogP contribution in [0.3, 0.4) is 0 Å². The quantitative estimate of drug-likeness (QED) is 0.162. The summed E-state index contributed by atoms with van der Waals surface area (Å²) in [6.45, 7) is 0. The van der Waals surface area contributed by atoms with Gasteiger partial charge < -0.3 is 9.13 Å². The first-order valence-electron chi connectivity index (χ1n) is 20.0. The van der Waals surface area contributed by atoms with Crippen molar-refractivity contribution in [2.75, 3.05) is 0 Å². The first-order valence-corrected chi connectivity index (χ1v) is 20.0. The number of pyridine rings is 1. The highest BCUT2D eigenvalue weighted by molar-refractivity contribution is 6.11. The zero-order chi connectivity index (χ0) is 39.3. The lowest BCUT2D eigenvalue weighted by atomic mass is 9.99. The van der Waals surface area contributed by atoms with Gasteiger partial charge in [0, 0.05) is 40.8 Å². The normalized spacial score (nSPS) is 11.5. The maximum Gasteiger partial charge on any atom is 0.140 e. The average molecular weight is 755 g/mol. The lowest BCUT2D eigenvalue weighted by Gasteiger charge is -2.11. The number of aryl methyl sites for hydroxylation is 1. The van der Waals surface area contributed by atoms with Gasteiger partial charge in [0.15, 0.2) is 0 Å². The summed E-state index contributed by atoms with van der Waals surface area (Å²) in [6.07, 6.45) is 1.85. The van der Waals surface area contributed by atoms with E-state index in [-0.39, 0.29) is 0 Å². The Morgan fingerprint density at radius 2 is 0.898 bits per heavy atom. The molecule has 0 aliphatic carbocycles. The smallest absolute Gasteiger partial charge is 0.140 e. The highest BCUT2D eigenvalue weighted by Crippen LogP contribution is 2.39. The number of hydrogen-bond donors (Lipinski definition) is 0. The molecule has 8 aromatic carbocycles. The molecule has 0 saturated carbocycles. The van der Waals surface area contributed by atoms with Crippen molar-refractivity contribution in [3.63, 3.8) is 0 Å². The molecule has 0 aliphatic heterocycles. The van der Waals surface area contributed by atoms with Crippen LogP contribution in [0.15, 0.2) is 212 Å². The fraction of sp³-hybridized carbons (Fsp3) is 0.0182. The predicted octanol–water partition coefficient (Wildman–Crippen LogP) is 14.1. The van der Waals surface area contributed by atoms with Crippen LogP contribution in [0.25, 0.3) is 106 Å². The summed E-state index contributed by atoms with van der Waals surface area (Å²) in [5.41, 5.74) is 18.1. The van der Waals surface area contributed by atoms with Gasteiger partial charge in [-0.1, -0.05) is 152 Å². The molecule has 0 saturated heterocycles. The van der Waals surface area contributed by atoms with Gasteiger partial charge in [0.2, 0.25) is 0 Å². The Bertz CT molecular complexity index is 3290. The third-order valence-corrected chi connectivity index (χ3v) is 11.6. The van der Waals surface area contributed by atoms with Crippen molar-refractivity contribution in [2.24, 2.45) is 7.05 Å². The van der Waals surface area contributed by atoms with Crippen LogP contribution in [0.1, 0.15) is 0 Å². The van der Waals surface area contributed by atoms with Crippen molar-refractivity contribution in [1.82, 2.24) is 19.1 Å². The first-order chi connectivity index (χ1) is 29.1. The second kappa shape index (κ2) is 14.3. The van der Waals surface area contributed by atoms with E-state index >= 15 is 0 Å². The second-order valence-electron chi connectivity index (χ2n) is 15.1. The summed E-state index contributed by atoms with van der Waals surface area (Å²) in [5, 5.41) is 2.39. The highest BCUT2D eigenvalue weighted by Gasteiger charge is 2.18. The van der Waals surface area contributed by atoms with E-state index in [4.69, 9.17) is 4.98 Å². The van der Waals surface area contributed by atoms with E-state index in [0.29, 0.717) is 0 Å². The van der Waals surface area contributed by atoms with Crippen molar-refractivity contribution in [2.45, 2.75) is 0 Å². The number of benzene rings is 8. The Kier molecular flexibility index (Phi) is 8.34. The Morgan fingerprint density at radius 3 is 1.56 bits per heavy atom. The Morgan fingerprint density at radius 1 is 0.356 bits per heavy atom. The molecule has 0 N–H and O–H groups in total. The third kappa shape index (κ3) is 6.19. The van der Waals surface area contributed by atoms with E-state index in [1.165, 1.54) is 55.3 Å². The highest BCUT2D eigenvalue weighted by atomic mass is 15.1. The minimum atomic E-state index is 0.928. The number of imidazole rings is 1. The maximum atomic E-state index is 5.22. The van der Waals surface area contributed by atoms with E-state index in [9.17, 15) is 0 Å². The lowest BCUT2D eigenvalue weighted by molar-refractivity contribution is 0.959. The zero-order valence-corrected chi connectivity index (χ0v) is 32.5. The van der Waals surface area contributed by atoms with E-state index in [1.54, 1.807) is 0 Å². The van der Waals surface area contributed by atoms with Gasteiger partial charge in [-0.3, -0.25) is 4.98 Å². The molecular weight excluding hydrogens is 717 g/mol. The third-order valence-electron chi connectivity index (χ3n) is 11.6. The summed E-state index contributed by atoms with van der Waals surface area (Å²) in [5.74, 6) is 0.928. The summed E-state index contributed by atoms with van der Waals surface area (Å²) in [4.78, 5) is 9.89. The molecule has 0 aliphatic rings. The Hall–Kier alpha value is -7.82. The summed E-state index contributed by atoms with van der Waals surface area (Å²) < 4.78 is 4.62.